The Morgan fingerprint density at radius 1 is 0.868 bits per heavy atom. The van der Waals surface area contributed by atoms with Crippen molar-refractivity contribution in [2.24, 2.45) is 5.10 Å². The number of aromatic nitrogens is 3. The van der Waals surface area contributed by atoms with Gasteiger partial charge in [0, 0.05) is 22.3 Å². The minimum atomic E-state index is -0.391. The zero-order chi connectivity index (χ0) is 26.2. The molecule has 0 amide bonds. The fourth-order valence-corrected chi connectivity index (χ4v) is 4.54. The van der Waals surface area contributed by atoms with Gasteiger partial charge in [-0.25, -0.2) is 10.2 Å². The molecule has 0 unspecified atom stereocenters. The number of halogens is 1. The van der Waals surface area contributed by atoms with Crippen LogP contribution in [0.3, 0.4) is 0 Å². The lowest BCUT2D eigenvalue weighted by Crippen LogP contribution is -2.31. The first-order valence-electron chi connectivity index (χ1n) is 12.3. The summed E-state index contributed by atoms with van der Waals surface area (Å²) in [7, 11) is 0. The number of carbonyl (C=O) groups excluding carboxylic acids is 1. The lowest BCUT2D eigenvalue weighted by atomic mass is 10.1. The van der Waals surface area contributed by atoms with Gasteiger partial charge in [0.25, 0.3) is 0 Å². The quantitative estimate of drug-likeness (QED) is 0.0830. The number of benzene rings is 3. The number of rotatable bonds is 8. The maximum atomic E-state index is 12.4. The third kappa shape index (κ3) is 6.82. The van der Waals surface area contributed by atoms with Crippen molar-refractivity contribution in [1.82, 2.24) is 15.0 Å². The standard InChI is InChI=1S/C28H26IN7O2/c29-24-12-6-5-11-23(24)25(37)38-22-15-13-20(14-16-22)19-30-35-27-32-26(31-21-9-3-1-4-10-21)33-28(34-27)36-17-7-2-8-18-36/h1,3-6,9-16,19H,2,7-8,17-18H2,(H2,31,32,33,34,35)/b30-19-. The summed E-state index contributed by atoms with van der Waals surface area (Å²) in [6.45, 7) is 1.83. The number of nitrogens with zero attached hydrogens (tertiary/aromatic N) is 5. The highest BCUT2D eigenvalue weighted by Crippen LogP contribution is 2.21. The van der Waals surface area contributed by atoms with E-state index in [2.05, 4.69) is 58.3 Å². The maximum Gasteiger partial charge on any atom is 0.344 e. The number of hydrogen-bond acceptors (Lipinski definition) is 9. The molecule has 0 atom stereocenters. The molecule has 10 heteroatoms. The van der Waals surface area contributed by atoms with Crippen LogP contribution in [0.1, 0.15) is 35.2 Å². The fourth-order valence-electron chi connectivity index (χ4n) is 3.93. The van der Waals surface area contributed by atoms with E-state index < -0.39 is 5.97 Å². The average molecular weight is 619 g/mol. The highest BCUT2D eigenvalue weighted by molar-refractivity contribution is 14.1. The summed E-state index contributed by atoms with van der Waals surface area (Å²) in [5.74, 6) is 1.48. The van der Waals surface area contributed by atoms with Crippen LogP contribution in [0.4, 0.5) is 23.5 Å². The number of anilines is 4. The first-order valence-corrected chi connectivity index (χ1v) is 13.4. The molecular weight excluding hydrogens is 593 g/mol. The van der Waals surface area contributed by atoms with E-state index in [-0.39, 0.29) is 0 Å². The molecule has 1 aromatic heterocycles. The van der Waals surface area contributed by atoms with Crippen molar-refractivity contribution in [2.45, 2.75) is 19.3 Å². The predicted octanol–water partition coefficient (Wildman–Crippen LogP) is 5.88. The van der Waals surface area contributed by atoms with E-state index in [4.69, 9.17) is 4.74 Å². The molecule has 0 aliphatic carbocycles. The van der Waals surface area contributed by atoms with Gasteiger partial charge in [0.15, 0.2) is 0 Å². The molecule has 0 spiro atoms. The van der Waals surface area contributed by atoms with Gasteiger partial charge < -0.3 is 15.0 Å². The molecule has 38 heavy (non-hydrogen) atoms. The van der Waals surface area contributed by atoms with Crippen LogP contribution in [0.25, 0.3) is 0 Å². The summed E-state index contributed by atoms with van der Waals surface area (Å²) in [6.07, 6.45) is 5.10. The number of nitrogens with one attached hydrogen (secondary N) is 2. The first-order chi connectivity index (χ1) is 18.6. The van der Waals surface area contributed by atoms with Crippen molar-refractivity contribution in [3.05, 3.63) is 93.6 Å². The smallest absolute Gasteiger partial charge is 0.344 e. The van der Waals surface area contributed by atoms with Crippen molar-refractivity contribution in [3.63, 3.8) is 0 Å². The average Bonchev–Trinajstić information content (AvgIpc) is 2.95. The highest BCUT2D eigenvalue weighted by atomic mass is 127. The van der Waals surface area contributed by atoms with Gasteiger partial charge in [0.1, 0.15) is 5.75 Å². The van der Waals surface area contributed by atoms with Crippen molar-refractivity contribution >= 4 is 58.3 Å². The molecule has 192 valence electrons. The van der Waals surface area contributed by atoms with Crippen LogP contribution in [0.15, 0.2) is 84.0 Å². The molecule has 1 fully saturated rings. The Balaban J connectivity index is 1.26. The van der Waals surface area contributed by atoms with E-state index in [9.17, 15) is 4.79 Å². The van der Waals surface area contributed by atoms with Crippen LogP contribution in [0, 0.1) is 3.57 Å². The molecule has 3 aromatic carbocycles. The third-order valence-corrected chi connectivity index (χ3v) is 6.80. The maximum absolute atomic E-state index is 12.4. The van der Waals surface area contributed by atoms with Crippen LogP contribution in [0.5, 0.6) is 5.75 Å². The number of hydrazone groups is 1. The summed E-state index contributed by atoms with van der Waals surface area (Å²) in [5, 5.41) is 7.56. The largest absolute Gasteiger partial charge is 0.423 e. The van der Waals surface area contributed by atoms with Gasteiger partial charge in [0.05, 0.1) is 11.8 Å². The monoisotopic (exact) mass is 619 g/mol. The summed E-state index contributed by atoms with van der Waals surface area (Å²) in [4.78, 5) is 28.3. The zero-order valence-corrected chi connectivity index (χ0v) is 22.7. The Labute approximate surface area is 234 Å². The fraction of sp³-hybridized carbons (Fsp3) is 0.179. The minimum absolute atomic E-state index is 0.346. The molecule has 0 bridgehead atoms. The van der Waals surface area contributed by atoms with Crippen LogP contribution in [-0.2, 0) is 0 Å². The van der Waals surface area contributed by atoms with E-state index >= 15 is 0 Å². The summed E-state index contributed by atoms with van der Waals surface area (Å²) in [5.41, 5.74) is 5.17. The molecule has 0 radical (unpaired) electrons. The number of para-hydroxylation sites is 1. The highest BCUT2D eigenvalue weighted by Gasteiger charge is 2.16. The Morgan fingerprint density at radius 2 is 1.58 bits per heavy atom. The lowest BCUT2D eigenvalue weighted by Gasteiger charge is -2.26. The van der Waals surface area contributed by atoms with Gasteiger partial charge in [-0.2, -0.15) is 20.1 Å². The number of esters is 1. The summed E-state index contributed by atoms with van der Waals surface area (Å²) in [6, 6.07) is 24.2. The van der Waals surface area contributed by atoms with Crippen molar-refractivity contribution in [2.75, 3.05) is 28.7 Å². The Kier molecular flexibility index (Phi) is 8.39. The van der Waals surface area contributed by atoms with Gasteiger partial charge in [-0.05, 0) is 95.9 Å². The predicted molar refractivity (Wildman–Crippen MR) is 157 cm³/mol. The van der Waals surface area contributed by atoms with E-state index in [1.165, 1.54) is 6.42 Å². The van der Waals surface area contributed by atoms with Crippen molar-refractivity contribution in [1.29, 1.82) is 0 Å². The molecule has 1 saturated heterocycles. The number of ether oxygens (including phenoxy) is 1. The Morgan fingerprint density at radius 3 is 2.34 bits per heavy atom. The molecule has 1 aliphatic rings. The molecule has 9 nitrogen and oxygen atoms in total. The van der Waals surface area contributed by atoms with E-state index in [1.807, 2.05) is 60.7 Å². The van der Waals surface area contributed by atoms with E-state index in [0.29, 0.717) is 29.2 Å². The molecule has 5 rings (SSSR count). The van der Waals surface area contributed by atoms with E-state index in [1.54, 1.807) is 24.4 Å². The molecule has 1 aliphatic heterocycles. The number of piperidine rings is 1. The number of carbonyl (C=O) groups is 1. The second-order valence-electron chi connectivity index (χ2n) is 8.63. The first kappa shape index (κ1) is 25.6. The topological polar surface area (TPSA) is 105 Å². The van der Waals surface area contributed by atoms with Crippen LogP contribution in [-0.4, -0.2) is 40.2 Å². The van der Waals surface area contributed by atoms with Gasteiger partial charge in [0.2, 0.25) is 17.8 Å². The molecule has 2 N–H and O–H groups in total. The molecular formula is C28H26IN7O2. The van der Waals surface area contributed by atoms with E-state index in [0.717, 1.165) is 40.8 Å². The molecule has 2 heterocycles. The Bertz CT molecular complexity index is 1410. The Hall–Kier alpha value is -4.06. The third-order valence-electron chi connectivity index (χ3n) is 5.86. The summed E-state index contributed by atoms with van der Waals surface area (Å²) >= 11 is 2.12. The van der Waals surface area contributed by atoms with Gasteiger partial charge in [-0.15, -0.1) is 0 Å². The zero-order valence-electron chi connectivity index (χ0n) is 20.5. The van der Waals surface area contributed by atoms with Crippen LogP contribution in [0.2, 0.25) is 0 Å². The van der Waals surface area contributed by atoms with Crippen LogP contribution < -0.4 is 20.4 Å². The van der Waals surface area contributed by atoms with Crippen molar-refractivity contribution < 1.29 is 9.53 Å². The lowest BCUT2D eigenvalue weighted by molar-refractivity contribution is 0.0733. The molecule has 4 aromatic rings. The SMILES string of the molecule is O=C(Oc1ccc(/C=N\Nc2nc(Nc3ccccc3)nc(N3CCCCC3)n2)cc1)c1ccccc1I. The van der Waals surface area contributed by atoms with Crippen molar-refractivity contribution in [3.8, 4) is 5.75 Å². The minimum Gasteiger partial charge on any atom is -0.423 e. The second-order valence-corrected chi connectivity index (χ2v) is 9.79. The van der Waals surface area contributed by atoms with Gasteiger partial charge >= 0.3 is 5.97 Å². The normalized spacial score (nSPS) is 13.3. The van der Waals surface area contributed by atoms with Gasteiger partial charge in [-0.3, -0.25) is 0 Å². The van der Waals surface area contributed by atoms with Gasteiger partial charge in [-0.1, -0.05) is 30.3 Å². The second kappa shape index (κ2) is 12.5. The summed E-state index contributed by atoms with van der Waals surface area (Å²) < 4.78 is 6.34. The molecule has 0 saturated carbocycles. The number of hydrogen-bond donors (Lipinski definition) is 2. The van der Waals surface area contributed by atoms with Crippen LogP contribution >= 0.6 is 22.6 Å².